The predicted molar refractivity (Wildman–Crippen MR) is 89.4 cm³/mol. The molecule has 0 aliphatic rings. The molecule has 8 heteroatoms. The topological polar surface area (TPSA) is 73.6 Å². The number of ether oxygens (including phenoxy) is 1. The first kappa shape index (κ1) is 15.8. The van der Waals surface area contributed by atoms with E-state index in [1.807, 2.05) is 13.8 Å². The summed E-state index contributed by atoms with van der Waals surface area (Å²) in [5.41, 5.74) is 0.379. The summed E-state index contributed by atoms with van der Waals surface area (Å²) in [6.07, 6.45) is 3.26. The van der Waals surface area contributed by atoms with Crippen molar-refractivity contribution in [3.8, 4) is 0 Å². The Labute approximate surface area is 140 Å². The van der Waals surface area contributed by atoms with Gasteiger partial charge in [0.1, 0.15) is 11.7 Å². The van der Waals surface area contributed by atoms with E-state index in [1.54, 1.807) is 18.5 Å². The molecular formula is C15H15N3O3S2. The normalized spacial score (nSPS) is 12.5. The molecule has 0 aromatic carbocycles. The van der Waals surface area contributed by atoms with E-state index in [4.69, 9.17) is 4.74 Å². The Balaban J connectivity index is 1.86. The van der Waals surface area contributed by atoms with Crippen LogP contribution in [0.2, 0.25) is 0 Å². The van der Waals surface area contributed by atoms with E-state index in [0.717, 1.165) is 22.0 Å². The van der Waals surface area contributed by atoms with Gasteiger partial charge in [0, 0.05) is 11.6 Å². The first-order valence-electron chi connectivity index (χ1n) is 7.13. The van der Waals surface area contributed by atoms with Crippen LogP contribution in [0.1, 0.15) is 45.9 Å². The van der Waals surface area contributed by atoms with Crippen molar-refractivity contribution < 1.29 is 9.53 Å². The SMILES string of the molecule is CCc1nc(C)c([C@H](C)OC(=O)c2cnc3sccn3c2=O)s1. The standard InChI is InChI=1S/C15H15N3O3S2/c1-4-11-17-8(2)12(23-11)9(3)21-14(20)10-7-16-15-18(13(10)19)5-6-22-15/h5-7,9H,4H2,1-3H3/t9-/m0/s1. The third-order valence-electron chi connectivity index (χ3n) is 3.39. The molecule has 0 saturated heterocycles. The van der Waals surface area contributed by atoms with Gasteiger partial charge in [-0.05, 0) is 20.3 Å². The molecule has 0 radical (unpaired) electrons. The lowest BCUT2D eigenvalue weighted by atomic mass is 10.2. The first-order chi connectivity index (χ1) is 11.0. The molecular weight excluding hydrogens is 334 g/mol. The molecule has 0 N–H and O–H groups in total. The zero-order chi connectivity index (χ0) is 16.6. The maximum Gasteiger partial charge on any atom is 0.346 e. The number of aromatic nitrogens is 3. The Morgan fingerprint density at radius 3 is 2.96 bits per heavy atom. The smallest absolute Gasteiger partial charge is 0.346 e. The molecule has 0 fully saturated rings. The average Bonchev–Trinajstić information content (AvgIpc) is 3.13. The number of carbonyl (C=O) groups is 1. The Hall–Kier alpha value is -2.06. The highest BCUT2D eigenvalue weighted by Crippen LogP contribution is 2.28. The molecule has 0 saturated carbocycles. The maximum atomic E-state index is 12.3. The molecule has 0 aliphatic carbocycles. The average molecular weight is 349 g/mol. The van der Waals surface area contributed by atoms with Gasteiger partial charge in [-0.25, -0.2) is 14.8 Å². The number of fused-ring (bicyclic) bond motifs is 1. The highest BCUT2D eigenvalue weighted by atomic mass is 32.1. The summed E-state index contributed by atoms with van der Waals surface area (Å²) >= 11 is 2.86. The minimum atomic E-state index is -0.665. The molecule has 0 aliphatic heterocycles. The molecule has 3 heterocycles. The van der Waals surface area contributed by atoms with Crippen LogP contribution in [0.4, 0.5) is 0 Å². The quantitative estimate of drug-likeness (QED) is 0.677. The zero-order valence-electron chi connectivity index (χ0n) is 12.9. The highest BCUT2D eigenvalue weighted by molar-refractivity contribution is 7.15. The number of aryl methyl sites for hydroxylation is 2. The van der Waals surface area contributed by atoms with Crippen molar-refractivity contribution in [2.75, 3.05) is 0 Å². The minimum absolute atomic E-state index is 0.0642. The summed E-state index contributed by atoms with van der Waals surface area (Å²) in [5.74, 6) is -0.665. The molecule has 3 rings (SSSR count). The number of hydrogen-bond acceptors (Lipinski definition) is 7. The minimum Gasteiger partial charge on any atom is -0.453 e. The summed E-state index contributed by atoms with van der Waals surface area (Å²) in [6.45, 7) is 5.70. The number of rotatable bonds is 4. The fourth-order valence-corrected chi connectivity index (χ4v) is 3.90. The Morgan fingerprint density at radius 1 is 1.48 bits per heavy atom. The zero-order valence-corrected chi connectivity index (χ0v) is 14.5. The number of hydrogen-bond donors (Lipinski definition) is 0. The van der Waals surface area contributed by atoms with Crippen LogP contribution in [0.25, 0.3) is 4.96 Å². The molecule has 3 aromatic rings. The molecule has 120 valence electrons. The van der Waals surface area contributed by atoms with E-state index in [0.29, 0.717) is 4.96 Å². The number of carbonyl (C=O) groups excluding carboxylic acids is 1. The fourth-order valence-electron chi connectivity index (χ4n) is 2.24. The molecule has 0 amide bonds. The molecule has 0 bridgehead atoms. The highest BCUT2D eigenvalue weighted by Gasteiger charge is 2.21. The van der Waals surface area contributed by atoms with E-state index >= 15 is 0 Å². The van der Waals surface area contributed by atoms with Crippen molar-refractivity contribution >= 4 is 33.6 Å². The molecule has 6 nitrogen and oxygen atoms in total. The van der Waals surface area contributed by atoms with E-state index in [1.165, 1.54) is 33.3 Å². The van der Waals surface area contributed by atoms with Crippen molar-refractivity contribution in [3.63, 3.8) is 0 Å². The number of esters is 1. The maximum absolute atomic E-state index is 12.3. The van der Waals surface area contributed by atoms with Crippen LogP contribution in [0, 0.1) is 6.92 Å². The fraction of sp³-hybridized carbons (Fsp3) is 0.333. The van der Waals surface area contributed by atoms with Gasteiger partial charge in [-0.2, -0.15) is 0 Å². The van der Waals surface area contributed by atoms with Gasteiger partial charge in [-0.15, -0.1) is 22.7 Å². The van der Waals surface area contributed by atoms with Gasteiger partial charge in [-0.1, -0.05) is 6.92 Å². The van der Waals surface area contributed by atoms with E-state index in [-0.39, 0.29) is 5.56 Å². The van der Waals surface area contributed by atoms with Crippen LogP contribution in [-0.4, -0.2) is 20.3 Å². The summed E-state index contributed by atoms with van der Waals surface area (Å²) in [5, 5.41) is 2.75. The Morgan fingerprint density at radius 2 is 2.26 bits per heavy atom. The van der Waals surface area contributed by atoms with Crippen LogP contribution in [0.5, 0.6) is 0 Å². The van der Waals surface area contributed by atoms with Crippen LogP contribution in [0.3, 0.4) is 0 Å². The molecule has 0 unspecified atom stereocenters. The number of thiazole rings is 2. The van der Waals surface area contributed by atoms with Crippen LogP contribution in [0.15, 0.2) is 22.6 Å². The van der Waals surface area contributed by atoms with E-state index in [9.17, 15) is 9.59 Å². The van der Waals surface area contributed by atoms with Gasteiger partial charge in [-0.3, -0.25) is 9.20 Å². The third kappa shape index (κ3) is 2.91. The van der Waals surface area contributed by atoms with Gasteiger partial charge in [0.2, 0.25) is 0 Å². The van der Waals surface area contributed by atoms with Crippen LogP contribution >= 0.6 is 22.7 Å². The third-order valence-corrected chi connectivity index (χ3v) is 5.63. The monoisotopic (exact) mass is 349 g/mol. The lowest BCUT2D eigenvalue weighted by Gasteiger charge is -2.11. The van der Waals surface area contributed by atoms with Gasteiger partial charge in [0.05, 0.1) is 21.8 Å². The Kier molecular flexibility index (Phi) is 4.27. The Bertz CT molecular complexity index is 926. The molecule has 0 spiro atoms. The summed E-state index contributed by atoms with van der Waals surface area (Å²) in [7, 11) is 0. The van der Waals surface area contributed by atoms with E-state index < -0.39 is 17.6 Å². The van der Waals surface area contributed by atoms with Crippen LogP contribution in [-0.2, 0) is 11.2 Å². The van der Waals surface area contributed by atoms with Gasteiger partial charge >= 0.3 is 5.97 Å². The lowest BCUT2D eigenvalue weighted by molar-refractivity contribution is 0.0341. The summed E-state index contributed by atoms with van der Waals surface area (Å²) < 4.78 is 6.80. The van der Waals surface area contributed by atoms with Crippen molar-refractivity contribution in [1.29, 1.82) is 0 Å². The van der Waals surface area contributed by atoms with Gasteiger partial charge in [0.15, 0.2) is 4.96 Å². The van der Waals surface area contributed by atoms with Crippen molar-refractivity contribution in [2.45, 2.75) is 33.3 Å². The van der Waals surface area contributed by atoms with Crippen molar-refractivity contribution in [1.82, 2.24) is 14.4 Å². The molecule has 23 heavy (non-hydrogen) atoms. The van der Waals surface area contributed by atoms with Crippen molar-refractivity contribution in [3.05, 3.63) is 49.3 Å². The molecule has 1 atom stereocenters. The summed E-state index contributed by atoms with van der Waals surface area (Å²) in [4.78, 5) is 34.6. The second-order valence-electron chi connectivity index (χ2n) is 4.99. The van der Waals surface area contributed by atoms with Crippen molar-refractivity contribution in [2.24, 2.45) is 0 Å². The molecule has 3 aromatic heterocycles. The first-order valence-corrected chi connectivity index (χ1v) is 8.83. The van der Waals surface area contributed by atoms with Gasteiger partial charge < -0.3 is 4.74 Å². The second-order valence-corrected chi connectivity index (χ2v) is 6.98. The lowest BCUT2D eigenvalue weighted by Crippen LogP contribution is -2.23. The van der Waals surface area contributed by atoms with Crippen LogP contribution < -0.4 is 5.56 Å². The van der Waals surface area contributed by atoms with Gasteiger partial charge in [0.25, 0.3) is 5.56 Å². The summed E-state index contributed by atoms with van der Waals surface area (Å²) in [6, 6.07) is 0. The number of nitrogens with zero attached hydrogens (tertiary/aromatic N) is 3. The largest absolute Gasteiger partial charge is 0.453 e. The van der Waals surface area contributed by atoms with E-state index in [2.05, 4.69) is 9.97 Å². The second kappa shape index (κ2) is 6.21. The predicted octanol–water partition coefficient (Wildman–Crippen LogP) is 3.00.